The average molecular weight is 506 g/mol. The molecule has 182 valence electrons. The highest BCUT2D eigenvalue weighted by Crippen LogP contribution is 2.31. The SMILES string of the molecule is Cc1cc2nc(N(CCCN3CCOCC3)C(=O)CS(=O)(=O)c3ccc(F)cc3)sc2cc1C. The summed E-state index contributed by atoms with van der Waals surface area (Å²) in [7, 11) is -3.93. The molecule has 0 aliphatic carbocycles. The molecule has 0 spiro atoms. The predicted octanol–water partition coefficient (Wildman–Crippen LogP) is 3.58. The van der Waals surface area contributed by atoms with Gasteiger partial charge in [-0.05, 0) is 67.8 Å². The van der Waals surface area contributed by atoms with E-state index in [2.05, 4.69) is 9.88 Å². The van der Waals surface area contributed by atoms with E-state index in [0.717, 1.165) is 53.1 Å². The van der Waals surface area contributed by atoms with E-state index >= 15 is 0 Å². The number of carbonyl (C=O) groups is 1. The molecule has 1 aliphatic rings. The summed E-state index contributed by atoms with van der Waals surface area (Å²) in [6.07, 6.45) is 0.677. The number of anilines is 1. The fourth-order valence-corrected chi connectivity index (χ4v) is 6.14. The van der Waals surface area contributed by atoms with Crippen LogP contribution in [0.5, 0.6) is 0 Å². The lowest BCUT2D eigenvalue weighted by molar-refractivity contribution is -0.116. The van der Waals surface area contributed by atoms with Gasteiger partial charge in [-0.15, -0.1) is 0 Å². The molecule has 0 N–H and O–H groups in total. The van der Waals surface area contributed by atoms with Crippen molar-refractivity contribution in [2.24, 2.45) is 0 Å². The summed E-state index contributed by atoms with van der Waals surface area (Å²) in [4.78, 5) is 21.6. The molecule has 0 saturated carbocycles. The topological polar surface area (TPSA) is 79.8 Å². The normalized spacial score (nSPS) is 15.0. The van der Waals surface area contributed by atoms with Crippen molar-refractivity contribution in [3.8, 4) is 0 Å². The first-order chi connectivity index (χ1) is 16.2. The maximum absolute atomic E-state index is 13.3. The third-order valence-corrected chi connectivity index (χ3v) is 8.63. The second-order valence-electron chi connectivity index (χ2n) is 8.47. The number of thiazole rings is 1. The van der Waals surface area contributed by atoms with Crippen LogP contribution in [0.4, 0.5) is 9.52 Å². The van der Waals surface area contributed by atoms with E-state index in [1.165, 1.54) is 28.4 Å². The first kappa shape index (κ1) is 24.7. The lowest BCUT2D eigenvalue weighted by Crippen LogP contribution is -2.40. The number of carbonyl (C=O) groups excluding carboxylic acids is 1. The lowest BCUT2D eigenvalue weighted by atomic mass is 10.1. The van der Waals surface area contributed by atoms with Crippen molar-refractivity contribution in [2.45, 2.75) is 25.2 Å². The molecular formula is C24H28FN3O4S2. The average Bonchev–Trinajstić information content (AvgIpc) is 3.19. The number of hydrogen-bond donors (Lipinski definition) is 0. The zero-order chi connectivity index (χ0) is 24.3. The highest BCUT2D eigenvalue weighted by Gasteiger charge is 2.27. The molecule has 0 bridgehead atoms. The zero-order valence-electron chi connectivity index (χ0n) is 19.3. The van der Waals surface area contributed by atoms with Crippen molar-refractivity contribution in [2.75, 3.05) is 50.0 Å². The Morgan fingerprint density at radius 1 is 1.15 bits per heavy atom. The van der Waals surface area contributed by atoms with Gasteiger partial charge in [0.15, 0.2) is 15.0 Å². The van der Waals surface area contributed by atoms with Gasteiger partial charge in [0.1, 0.15) is 11.6 Å². The van der Waals surface area contributed by atoms with Crippen LogP contribution in [0.2, 0.25) is 0 Å². The van der Waals surface area contributed by atoms with Crippen LogP contribution >= 0.6 is 11.3 Å². The molecule has 1 aromatic heterocycles. The number of nitrogens with zero attached hydrogens (tertiary/aromatic N) is 3. The highest BCUT2D eigenvalue weighted by atomic mass is 32.2. The number of sulfone groups is 1. The largest absolute Gasteiger partial charge is 0.379 e. The quantitative estimate of drug-likeness (QED) is 0.436. The molecule has 0 atom stereocenters. The summed E-state index contributed by atoms with van der Waals surface area (Å²) in [5.41, 5.74) is 3.02. The van der Waals surface area contributed by atoms with Crippen LogP contribution in [0.15, 0.2) is 41.3 Å². The first-order valence-electron chi connectivity index (χ1n) is 11.2. The minimum absolute atomic E-state index is 0.0777. The number of halogens is 1. The van der Waals surface area contributed by atoms with Crippen LogP contribution < -0.4 is 4.90 Å². The summed E-state index contributed by atoms with van der Waals surface area (Å²) in [6, 6.07) is 8.55. The van der Waals surface area contributed by atoms with Crippen molar-refractivity contribution >= 4 is 42.4 Å². The summed E-state index contributed by atoms with van der Waals surface area (Å²) >= 11 is 1.38. The van der Waals surface area contributed by atoms with Gasteiger partial charge in [0.05, 0.1) is 28.3 Å². The van der Waals surface area contributed by atoms with Crippen molar-refractivity contribution in [3.05, 3.63) is 53.3 Å². The van der Waals surface area contributed by atoms with Crippen LogP contribution in [-0.2, 0) is 19.4 Å². The van der Waals surface area contributed by atoms with Crippen LogP contribution in [0.3, 0.4) is 0 Å². The Kier molecular flexibility index (Phi) is 7.61. The van der Waals surface area contributed by atoms with Crippen LogP contribution in [-0.4, -0.2) is 69.4 Å². The van der Waals surface area contributed by atoms with Crippen LogP contribution in [0.1, 0.15) is 17.5 Å². The Morgan fingerprint density at radius 2 is 1.82 bits per heavy atom. The molecule has 4 rings (SSSR count). The molecular weight excluding hydrogens is 477 g/mol. The Hall–Kier alpha value is -2.40. The minimum Gasteiger partial charge on any atom is -0.379 e. The molecule has 10 heteroatoms. The van der Waals surface area contributed by atoms with Crippen molar-refractivity contribution in [3.63, 3.8) is 0 Å². The number of ether oxygens (including phenoxy) is 1. The van der Waals surface area contributed by atoms with E-state index in [9.17, 15) is 17.6 Å². The molecule has 34 heavy (non-hydrogen) atoms. The van der Waals surface area contributed by atoms with Crippen molar-refractivity contribution in [1.82, 2.24) is 9.88 Å². The smallest absolute Gasteiger partial charge is 0.244 e. The molecule has 1 fully saturated rings. The van der Waals surface area contributed by atoms with E-state index in [-0.39, 0.29) is 4.90 Å². The molecule has 0 unspecified atom stereocenters. The number of aryl methyl sites for hydroxylation is 2. The molecule has 0 radical (unpaired) electrons. The maximum Gasteiger partial charge on any atom is 0.244 e. The monoisotopic (exact) mass is 505 g/mol. The van der Waals surface area contributed by atoms with Gasteiger partial charge in [0.2, 0.25) is 5.91 Å². The maximum atomic E-state index is 13.3. The van der Waals surface area contributed by atoms with Gasteiger partial charge < -0.3 is 4.74 Å². The minimum atomic E-state index is -3.93. The lowest BCUT2D eigenvalue weighted by Gasteiger charge is -2.27. The van der Waals surface area contributed by atoms with Gasteiger partial charge in [-0.25, -0.2) is 17.8 Å². The molecule has 2 aromatic carbocycles. The number of fused-ring (bicyclic) bond motifs is 1. The van der Waals surface area contributed by atoms with Gasteiger partial charge >= 0.3 is 0 Å². The predicted molar refractivity (Wildman–Crippen MR) is 132 cm³/mol. The number of amides is 1. The second kappa shape index (κ2) is 10.5. The van der Waals surface area contributed by atoms with E-state index in [1.54, 1.807) is 0 Å². The summed E-state index contributed by atoms with van der Waals surface area (Å²) in [6.45, 7) is 8.22. The standard InChI is InChI=1S/C24H28FN3O4S2/c1-17-14-21-22(15-18(17)2)33-24(26-21)28(9-3-8-27-10-12-32-13-11-27)23(29)16-34(30,31)20-6-4-19(25)5-7-20/h4-7,14-15H,3,8-13,16H2,1-2H3. The van der Waals surface area contributed by atoms with Gasteiger partial charge in [0, 0.05) is 26.2 Å². The Balaban J connectivity index is 1.57. The first-order valence-corrected chi connectivity index (χ1v) is 13.7. The molecule has 1 saturated heterocycles. The van der Waals surface area contributed by atoms with Crippen LogP contribution in [0.25, 0.3) is 10.2 Å². The van der Waals surface area contributed by atoms with Gasteiger partial charge in [-0.1, -0.05) is 11.3 Å². The number of rotatable bonds is 8. The van der Waals surface area contributed by atoms with E-state index < -0.39 is 27.3 Å². The van der Waals surface area contributed by atoms with E-state index in [0.29, 0.717) is 31.3 Å². The summed E-state index contributed by atoms with van der Waals surface area (Å²) < 4.78 is 45.3. The second-order valence-corrected chi connectivity index (χ2v) is 11.5. The summed E-state index contributed by atoms with van der Waals surface area (Å²) in [5, 5.41) is 0.487. The van der Waals surface area contributed by atoms with E-state index in [1.807, 2.05) is 26.0 Å². The Labute approximate surface area is 203 Å². The zero-order valence-corrected chi connectivity index (χ0v) is 20.9. The van der Waals surface area contributed by atoms with E-state index in [4.69, 9.17) is 4.74 Å². The van der Waals surface area contributed by atoms with Gasteiger partial charge in [-0.3, -0.25) is 14.6 Å². The molecule has 2 heterocycles. The molecule has 3 aromatic rings. The molecule has 1 amide bonds. The fraction of sp³-hybridized carbons (Fsp3) is 0.417. The number of benzene rings is 2. The molecule has 1 aliphatic heterocycles. The van der Waals surface area contributed by atoms with Crippen molar-refractivity contribution in [1.29, 1.82) is 0 Å². The van der Waals surface area contributed by atoms with Gasteiger partial charge in [-0.2, -0.15) is 0 Å². The Bertz CT molecular complexity index is 1230. The molecule has 7 nitrogen and oxygen atoms in total. The summed E-state index contributed by atoms with van der Waals surface area (Å²) in [5.74, 6) is -1.78. The third-order valence-electron chi connectivity index (χ3n) is 5.97. The van der Waals surface area contributed by atoms with Crippen LogP contribution in [0, 0.1) is 19.7 Å². The number of hydrogen-bond acceptors (Lipinski definition) is 7. The fourth-order valence-electron chi connectivity index (χ4n) is 3.85. The van der Waals surface area contributed by atoms with Gasteiger partial charge in [0.25, 0.3) is 0 Å². The Morgan fingerprint density at radius 3 is 2.53 bits per heavy atom. The number of aromatic nitrogens is 1. The third kappa shape index (κ3) is 5.80. The van der Waals surface area contributed by atoms with Crippen molar-refractivity contribution < 1.29 is 22.3 Å². The number of morpholine rings is 1. The highest BCUT2D eigenvalue weighted by molar-refractivity contribution is 7.92.